The predicted molar refractivity (Wildman–Crippen MR) is 120 cm³/mol. The summed E-state index contributed by atoms with van der Waals surface area (Å²) in [5, 5.41) is 3.20. The summed E-state index contributed by atoms with van der Waals surface area (Å²) in [5.74, 6) is 0. The highest BCUT2D eigenvalue weighted by molar-refractivity contribution is 9.10. The van der Waals surface area contributed by atoms with E-state index in [1.165, 1.54) is 10.4 Å². The summed E-state index contributed by atoms with van der Waals surface area (Å²) in [6, 6.07) is 27.0. The molecule has 0 spiro atoms. The molecule has 0 heterocycles. The van der Waals surface area contributed by atoms with Crippen molar-refractivity contribution in [3.05, 3.63) is 93.9 Å². The predicted octanol–water partition coefficient (Wildman–Crippen LogP) is 6.01. The van der Waals surface area contributed by atoms with Crippen LogP contribution >= 0.6 is 27.5 Å². The Bertz CT molecular complexity index is 838. The van der Waals surface area contributed by atoms with Crippen molar-refractivity contribution in [1.29, 1.82) is 0 Å². The lowest BCUT2D eigenvalue weighted by Crippen LogP contribution is -2.47. The van der Waals surface area contributed by atoms with Gasteiger partial charge in [-0.3, -0.25) is 0 Å². The Morgan fingerprint density at radius 2 is 1.37 bits per heavy atom. The molecule has 139 valence electrons. The number of halogens is 2. The number of rotatable bonds is 5. The van der Waals surface area contributed by atoms with Crippen LogP contribution in [0, 0.1) is 5.41 Å². The highest BCUT2D eigenvalue weighted by Crippen LogP contribution is 2.40. The summed E-state index contributed by atoms with van der Waals surface area (Å²) in [5.41, 5.74) is 0.914. The zero-order valence-corrected chi connectivity index (χ0v) is 19.1. The molecular weight excluding hydrogens is 436 g/mol. The van der Waals surface area contributed by atoms with Crippen molar-refractivity contribution < 1.29 is 4.43 Å². The van der Waals surface area contributed by atoms with Crippen LogP contribution in [0.2, 0.25) is 5.02 Å². The van der Waals surface area contributed by atoms with E-state index in [0.717, 1.165) is 15.1 Å². The van der Waals surface area contributed by atoms with Gasteiger partial charge in [-0.25, -0.2) is 0 Å². The molecule has 0 saturated carbocycles. The first-order valence-electron chi connectivity index (χ1n) is 8.95. The second-order valence-corrected chi connectivity index (χ2v) is 11.0. The summed E-state index contributed by atoms with van der Waals surface area (Å²) in [4.78, 5) is 0. The lowest BCUT2D eigenvalue weighted by Gasteiger charge is -2.35. The summed E-state index contributed by atoms with van der Waals surface area (Å²) < 4.78 is 7.91. The van der Waals surface area contributed by atoms with E-state index in [0.29, 0.717) is 0 Å². The van der Waals surface area contributed by atoms with Crippen LogP contribution in [-0.2, 0) is 4.43 Å². The van der Waals surface area contributed by atoms with Gasteiger partial charge in [0.25, 0.3) is 9.04 Å². The topological polar surface area (TPSA) is 9.23 Å². The highest BCUT2D eigenvalue weighted by Gasteiger charge is 2.33. The van der Waals surface area contributed by atoms with Gasteiger partial charge in [0, 0.05) is 9.50 Å². The van der Waals surface area contributed by atoms with Crippen molar-refractivity contribution in [2.24, 2.45) is 5.41 Å². The van der Waals surface area contributed by atoms with Crippen molar-refractivity contribution in [2.45, 2.75) is 26.9 Å². The average Bonchev–Trinajstić information content (AvgIpc) is 2.65. The van der Waals surface area contributed by atoms with Gasteiger partial charge < -0.3 is 4.43 Å². The summed E-state index contributed by atoms with van der Waals surface area (Å²) in [6.07, 6.45) is -0.128. The average molecular weight is 459 g/mol. The maximum atomic E-state index is 6.91. The van der Waals surface area contributed by atoms with Crippen LogP contribution in [0.3, 0.4) is 0 Å². The molecule has 3 aromatic rings. The van der Waals surface area contributed by atoms with Gasteiger partial charge in [0.15, 0.2) is 0 Å². The Morgan fingerprint density at radius 3 is 1.85 bits per heavy atom. The Balaban J connectivity index is 2.07. The molecule has 27 heavy (non-hydrogen) atoms. The van der Waals surface area contributed by atoms with Crippen molar-refractivity contribution >= 4 is 46.9 Å². The van der Waals surface area contributed by atoms with Crippen LogP contribution in [0.4, 0.5) is 0 Å². The zero-order chi connectivity index (χ0) is 19.4. The lowest BCUT2D eigenvalue weighted by molar-refractivity contribution is 0.0897. The van der Waals surface area contributed by atoms with Crippen molar-refractivity contribution in [3.8, 4) is 0 Å². The van der Waals surface area contributed by atoms with Crippen molar-refractivity contribution in [1.82, 2.24) is 0 Å². The van der Waals surface area contributed by atoms with Crippen molar-refractivity contribution in [2.75, 3.05) is 0 Å². The Labute approximate surface area is 177 Å². The number of hydrogen-bond acceptors (Lipinski definition) is 1. The molecular formula is C23H23BrClOSi. The first kappa shape index (κ1) is 20.3. The van der Waals surface area contributed by atoms with E-state index in [1.54, 1.807) is 0 Å². The first-order valence-corrected chi connectivity index (χ1v) is 11.5. The minimum Gasteiger partial charge on any atom is -0.400 e. The molecule has 0 aromatic heterocycles. The molecule has 0 aliphatic rings. The van der Waals surface area contributed by atoms with Gasteiger partial charge in [0.05, 0.1) is 6.10 Å². The van der Waals surface area contributed by atoms with E-state index in [-0.39, 0.29) is 11.5 Å². The van der Waals surface area contributed by atoms with E-state index in [1.807, 2.05) is 24.3 Å². The molecule has 0 saturated heterocycles. The van der Waals surface area contributed by atoms with Crippen molar-refractivity contribution in [3.63, 3.8) is 0 Å². The molecule has 0 amide bonds. The Hall–Kier alpha value is -1.39. The molecule has 4 heteroatoms. The van der Waals surface area contributed by atoms with Gasteiger partial charge >= 0.3 is 0 Å². The summed E-state index contributed by atoms with van der Waals surface area (Å²) >= 11 is 10.2. The Kier molecular flexibility index (Phi) is 6.59. The van der Waals surface area contributed by atoms with Gasteiger partial charge in [-0.1, -0.05) is 109 Å². The zero-order valence-electron chi connectivity index (χ0n) is 15.7. The van der Waals surface area contributed by atoms with Gasteiger partial charge in [0.1, 0.15) is 0 Å². The minimum atomic E-state index is -1.43. The van der Waals surface area contributed by atoms with Gasteiger partial charge in [0.2, 0.25) is 0 Å². The fourth-order valence-corrected chi connectivity index (χ4v) is 5.93. The van der Waals surface area contributed by atoms with Crippen LogP contribution in [0.5, 0.6) is 0 Å². The highest BCUT2D eigenvalue weighted by atomic mass is 79.9. The fraction of sp³-hybridized carbons (Fsp3) is 0.217. The third kappa shape index (κ3) is 5.11. The van der Waals surface area contributed by atoms with Crippen LogP contribution in [0.15, 0.2) is 83.3 Å². The molecule has 1 unspecified atom stereocenters. The standard InChI is InChI=1S/C23H23BrClOSi/c1-23(2,3)22(20-16-17(24)14-15-21(20)25)26-27(18-10-6-4-7-11-18)19-12-8-5-9-13-19/h4-16,22H,1-3H3. The van der Waals surface area contributed by atoms with E-state index < -0.39 is 9.04 Å². The largest absolute Gasteiger partial charge is 0.400 e. The second kappa shape index (κ2) is 8.74. The SMILES string of the molecule is CC(C)(C)C(O[Si](c1ccccc1)c1ccccc1)c1cc(Br)ccc1Cl. The van der Waals surface area contributed by atoms with E-state index >= 15 is 0 Å². The van der Waals surface area contributed by atoms with E-state index in [4.69, 9.17) is 16.0 Å². The molecule has 1 radical (unpaired) electrons. The third-order valence-electron chi connectivity index (χ3n) is 4.33. The van der Waals surface area contributed by atoms with E-state index in [9.17, 15) is 0 Å². The number of hydrogen-bond donors (Lipinski definition) is 0. The summed E-state index contributed by atoms with van der Waals surface area (Å²) in [6.45, 7) is 6.60. The smallest absolute Gasteiger partial charge is 0.283 e. The molecule has 1 nitrogen and oxygen atoms in total. The lowest BCUT2D eigenvalue weighted by atomic mass is 9.85. The van der Waals surface area contributed by atoms with E-state index in [2.05, 4.69) is 91.3 Å². The molecule has 3 aromatic carbocycles. The maximum absolute atomic E-state index is 6.91. The van der Waals surface area contributed by atoms with Crippen LogP contribution in [0.1, 0.15) is 32.4 Å². The van der Waals surface area contributed by atoms with Gasteiger partial charge in [-0.2, -0.15) is 0 Å². The second-order valence-electron chi connectivity index (χ2n) is 7.59. The van der Waals surface area contributed by atoms with Gasteiger partial charge in [-0.05, 0) is 39.6 Å². The molecule has 0 bridgehead atoms. The Morgan fingerprint density at radius 1 is 0.852 bits per heavy atom. The third-order valence-corrected chi connectivity index (χ3v) is 7.36. The molecule has 1 atom stereocenters. The molecule has 0 aliphatic carbocycles. The molecule has 3 rings (SSSR count). The fourth-order valence-electron chi connectivity index (χ4n) is 3.02. The molecule has 0 aliphatic heterocycles. The number of benzene rings is 3. The molecule has 0 N–H and O–H groups in total. The van der Waals surface area contributed by atoms with Crippen LogP contribution in [0.25, 0.3) is 0 Å². The van der Waals surface area contributed by atoms with Crippen LogP contribution < -0.4 is 10.4 Å². The van der Waals surface area contributed by atoms with Crippen LogP contribution in [-0.4, -0.2) is 9.04 Å². The monoisotopic (exact) mass is 457 g/mol. The van der Waals surface area contributed by atoms with Gasteiger partial charge in [-0.15, -0.1) is 0 Å². The molecule has 0 fully saturated rings. The minimum absolute atomic E-state index is 0.107. The normalized spacial score (nSPS) is 13.0. The maximum Gasteiger partial charge on any atom is 0.283 e. The quantitative estimate of drug-likeness (QED) is 0.425. The summed E-state index contributed by atoms with van der Waals surface area (Å²) in [7, 11) is -1.43. The first-order chi connectivity index (χ1) is 12.9.